The second kappa shape index (κ2) is 9.85. The molecule has 0 radical (unpaired) electrons. The highest BCUT2D eigenvalue weighted by molar-refractivity contribution is 6.03. The van der Waals surface area contributed by atoms with Gasteiger partial charge < -0.3 is 15.5 Å². The van der Waals surface area contributed by atoms with Gasteiger partial charge in [-0.25, -0.2) is 14.4 Å². The maximum Gasteiger partial charge on any atom is 0.220 e. The number of rotatable bonds is 7. The molecule has 34 heavy (non-hydrogen) atoms. The van der Waals surface area contributed by atoms with Crippen LogP contribution >= 0.6 is 0 Å². The summed E-state index contributed by atoms with van der Waals surface area (Å²) in [5.41, 5.74) is 12.1. The molecule has 0 amide bonds. The number of pyridine rings is 1. The van der Waals surface area contributed by atoms with E-state index in [0.717, 1.165) is 52.3 Å². The predicted molar refractivity (Wildman–Crippen MR) is 130 cm³/mol. The summed E-state index contributed by atoms with van der Waals surface area (Å²) in [4.78, 5) is 21.3. The van der Waals surface area contributed by atoms with Crippen LogP contribution in [0.3, 0.4) is 0 Å². The Hall–Kier alpha value is -3.39. The van der Waals surface area contributed by atoms with Crippen molar-refractivity contribution in [2.75, 3.05) is 32.0 Å². The molecule has 8 heteroatoms. The molecule has 1 aliphatic heterocycles. The molecule has 1 aromatic carbocycles. The number of halogens is 1. The topological polar surface area (TPSA) is 89.5 Å². The van der Waals surface area contributed by atoms with Crippen molar-refractivity contribution in [1.29, 1.82) is 0 Å². The quantitative estimate of drug-likeness (QED) is 0.422. The molecule has 1 fully saturated rings. The Kier molecular flexibility index (Phi) is 6.49. The Bertz CT molecular complexity index is 1200. The number of nitrogen functional groups attached to an aromatic ring is 1. The smallest absolute Gasteiger partial charge is 0.220 e. The van der Waals surface area contributed by atoms with Gasteiger partial charge in [0.2, 0.25) is 5.95 Å². The first-order valence-corrected chi connectivity index (χ1v) is 11.8. The number of nitrogens with two attached hydrogens (primary N) is 1. The fourth-order valence-electron chi connectivity index (χ4n) is 4.86. The van der Waals surface area contributed by atoms with Crippen molar-refractivity contribution in [3.8, 4) is 11.1 Å². The predicted octanol–water partition coefficient (Wildman–Crippen LogP) is 4.11. The van der Waals surface area contributed by atoms with Crippen molar-refractivity contribution in [1.82, 2.24) is 19.9 Å². The van der Waals surface area contributed by atoms with Crippen molar-refractivity contribution < 1.29 is 9.23 Å². The summed E-state index contributed by atoms with van der Waals surface area (Å²) < 4.78 is 14.2. The van der Waals surface area contributed by atoms with Crippen molar-refractivity contribution in [3.63, 3.8) is 0 Å². The highest BCUT2D eigenvalue weighted by Crippen LogP contribution is 2.38. The van der Waals surface area contributed by atoms with E-state index in [-0.39, 0.29) is 17.7 Å². The van der Waals surface area contributed by atoms with Gasteiger partial charge in [0.15, 0.2) is 0 Å². The summed E-state index contributed by atoms with van der Waals surface area (Å²) in [6.45, 7) is 5.88. The van der Waals surface area contributed by atoms with E-state index < -0.39 is 0 Å². The third kappa shape index (κ3) is 4.77. The van der Waals surface area contributed by atoms with Gasteiger partial charge in [0.25, 0.3) is 0 Å². The van der Waals surface area contributed by atoms with Crippen LogP contribution < -0.4 is 5.73 Å². The summed E-state index contributed by atoms with van der Waals surface area (Å²) in [5, 5.41) is 4.54. The lowest BCUT2D eigenvalue weighted by atomic mass is 9.78. The Morgan fingerprint density at radius 1 is 1.21 bits per heavy atom. The van der Waals surface area contributed by atoms with E-state index in [9.17, 15) is 4.39 Å². The van der Waals surface area contributed by atoms with E-state index in [4.69, 9.17) is 10.6 Å². The van der Waals surface area contributed by atoms with E-state index in [0.29, 0.717) is 19.4 Å². The number of benzene rings is 1. The highest BCUT2D eigenvalue weighted by Gasteiger charge is 2.30. The minimum absolute atomic E-state index is 0.0421. The minimum atomic E-state index is -0.277. The van der Waals surface area contributed by atoms with Gasteiger partial charge in [-0.05, 0) is 74.5 Å². The van der Waals surface area contributed by atoms with Crippen LogP contribution in [0.5, 0.6) is 0 Å². The SMILES string of the molecule is Cc1nc(N)nc2c1/C(=N/OCCCN1CCC1)C[C@@H](c1ccc(F)cc1-c1cccnc1)C2. The molecule has 0 bridgehead atoms. The van der Waals surface area contributed by atoms with E-state index in [1.165, 1.54) is 25.6 Å². The minimum Gasteiger partial charge on any atom is -0.396 e. The molecule has 1 aliphatic carbocycles. The van der Waals surface area contributed by atoms with Crippen LogP contribution in [0.4, 0.5) is 10.3 Å². The van der Waals surface area contributed by atoms with Crippen LogP contribution in [0.2, 0.25) is 0 Å². The molecule has 7 nitrogen and oxygen atoms in total. The Labute approximate surface area is 198 Å². The van der Waals surface area contributed by atoms with Crippen LogP contribution in [0.25, 0.3) is 11.1 Å². The first kappa shape index (κ1) is 22.4. The lowest BCUT2D eigenvalue weighted by Crippen LogP contribution is -2.37. The van der Waals surface area contributed by atoms with E-state index >= 15 is 0 Å². The Morgan fingerprint density at radius 3 is 2.85 bits per heavy atom. The fourth-order valence-corrected chi connectivity index (χ4v) is 4.86. The summed E-state index contributed by atoms with van der Waals surface area (Å²) in [5.74, 6) is 0.0133. The van der Waals surface area contributed by atoms with Gasteiger partial charge in [-0.15, -0.1) is 0 Å². The summed E-state index contributed by atoms with van der Waals surface area (Å²) in [6, 6.07) is 8.75. The summed E-state index contributed by atoms with van der Waals surface area (Å²) in [7, 11) is 0. The van der Waals surface area contributed by atoms with Gasteiger partial charge in [-0.2, -0.15) is 0 Å². The number of nitrogens with zero attached hydrogens (tertiary/aromatic N) is 5. The molecule has 0 unspecified atom stereocenters. The average molecular weight is 461 g/mol. The molecule has 1 saturated heterocycles. The molecule has 176 valence electrons. The van der Waals surface area contributed by atoms with Crippen molar-refractivity contribution in [3.05, 3.63) is 71.1 Å². The van der Waals surface area contributed by atoms with Gasteiger partial charge in [0.1, 0.15) is 12.4 Å². The van der Waals surface area contributed by atoms with Gasteiger partial charge in [-0.1, -0.05) is 17.3 Å². The number of hydrogen-bond acceptors (Lipinski definition) is 7. The largest absolute Gasteiger partial charge is 0.396 e. The van der Waals surface area contributed by atoms with Crippen LogP contribution in [-0.4, -0.2) is 51.8 Å². The molecular weight excluding hydrogens is 431 g/mol. The number of aromatic nitrogens is 3. The van der Waals surface area contributed by atoms with Gasteiger partial charge >= 0.3 is 0 Å². The molecule has 0 saturated carbocycles. The van der Waals surface area contributed by atoms with Crippen LogP contribution in [0.15, 0.2) is 47.9 Å². The second-order valence-electron chi connectivity index (χ2n) is 8.99. The first-order chi connectivity index (χ1) is 16.6. The zero-order chi connectivity index (χ0) is 23.5. The van der Waals surface area contributed by atoms with Crippen LogP contribution in [0, 0.1) is 12.7 Å². The molecule has 3 aromatic rings. The molecule has 1 atom stereocenters. The molecule has 2 N–H and O–H groups in total. The fraction of sp³-hybridized carbons (Fsp3) is 0.385. The van der Waals surface area contributed by atoms with Gasteiger partial charge in [0.05, 0.1) is 17.1 Å². The molecule has 5 rings (SSSR count). The lowest BCUT2D eigenvalue weighted by molar-refractivity contribution is 0.112. The normalized spacial score (nSPS) is 19.0. The maximum absolute atomic E-state index is 14.2. The third-order valence-electron chi connectivity index (χ3n) is 6.61. The molecular formula is C26H29FN6O. The second-order valence-corrected chi connectivity index (χ2v) is 8.99. The Morgan fingerprint density at radius 2 is 2.09 bits per heavy atom. The monoisotopic (exact) mass is 460 g/mol. The van der Waals surface area contributed by atoms with Gasteiger partial charge in [-0.3, -0.25) is 4.98 Å². The Balaban J connectivity index is 1.45. The lowest BCUT2D eigenvalue weighted by Gasteiger charge is -2.30. The number of oxime groups is 1. The molecule has 0 spiro atoms. The zero-order valence-corrected chi connectivity index (χ0v) is 19.4. The van der Waals surface area contributed by atoms with Gasteiger partial charge in [0, 0.05) is 36.5 Å². The molecule has 2 aliphatic rings. The summed E-state index contributed by atoms with van der Waals surface area (Å²) >= 11 is 0. The molecule has 3 heterocycles. The van der Waals surface area contributed by atoms with E-state index in [2.05, 4.69) is 25.0 Å². The van der Waals surface area contributed by atoms with E-state index in [1.54, 1.807) is 18.5 Å². The standard InChI is InChI=1S/C26H29FN6O/c1-17-25-23(31-26(28)30-17)13-19(14-24(25)32-34-12-4-11-33-9-3-10-33)21-7-6-20(27)15-22(21)18-5-2-8-29-16-18/h2,5-8,15-16,19H,3-4,9-14H2,1H3,(H2,28,30,31)/b32-24+/t19-/m0/s1. The van der Waals surface area contributed by atoms with Crippen LogP contribution in [0.1, 0.15) is 47.7 Å². The number of hydrogen-bond donors (Lipinski definition) is 1. The number of likely N-dealkylation sites (tertiary alicyclic amines) is 1. The van der Waals surface area contributed by atoms with Crippen LogP contribution in [-0.2, 0) is 11.3 Å². The van der Waals surface area contributed by atoms with Crippen molar-refractivity contribution >= 4 is 11.7 Å². The maximum atomic E-state index is 14.2. The number of fused-ring (bicyclic) bond motifs is 1. The zero-order valence-electron chi connectivity index (χ0n) is 19.4. The number of anilines is 1. The van der Waals surface area contributed by atoms with Crippen molar-refractivity contribution in [2.45, 2.75) is 38.5 Å². The average Bonchev–Trinajstić information content (AvgIpc) is 2.80. The summed E-state index contributed by atoms with van der Waals surface area (Å²) in [6.07, 6.45) is 7.00. The number of aryl methyl sites for hydroxylation is 1. The van der Waals surface area contributed by atoms with Crippen molar-refractivity contribution in [2.24, 2.45) is 5.16 Å². The molecule has 2 aromatic heterocycles. The first-order valence-electron chi connectivity index (χ1n) is 11.8. The highest BCUT2D eigenvalue weighted by atomic mass is 19.1. The third-order valence-corrected chi connectivity index (χ3v) is 6.61. The van der Waals surface area contributed by atoms with E-state index in [1.807, 2.05) is 25.1 Å².